The summed E-state index contributed by atoms with van der Waals surface area (Å²) >= 11 is 0. The second-order valence-electron chi connectivity index (χ2n) is 6.35. The van der Waals surface area contributed by atoms with Crippen molar-refractivity contribution in [3.63, 3.8) is 0 Å². The molecule has 0 aliphatic rings. The average molecular weight is 339 g/mol. The van der Waals surface area contributed by atoms with E-state index in [0.29, 0.717) is 6.42 Å². The number of rotatable bonds is 7. The summed E-state index contributed by atoms with van der Waals surface area (Å²) in [7, 11) is 3.98. The third-order valence-corrected chi connectivity index (χ3v) is 3.72. The second-order valence-corrected chi connectivity index (χ2v) is 6.35. The van der Waals surface area contributed by atoms with Gasteiger partial charge in [-0.05, 0) is 37.4 Å². The smallest absolute Gasteiger partial charge is 0.224 e. The number of carbonyl (C=O) groups excluding carboxylic acids is 2. The van der Waals surface area contributed by atoms with Gasteiger partial charge in [-0.2, -0.15) is 0 Å². The average Bonchev–Trinajstić information content (AvgIpc) is 2.56. The molecule has 0 unspecified atom stereocenters. The predicted octanol–water partition coefficient (Wildman–Crippen LogP) is 2.61. The van der Waals surface area contributed by atoms with Gasteiger partial charge in [0.2, 0.25) is 11.8 Å². The Morgan fingerprint density at radius 3 is 2.20 bits per heavy atom. The summed E-state index contributed by atoms with van der Waals surface area (Å²) in [6, 6.07) is 17.2. The van der Waals surface area contributed by atoms with Crippen LogP contribution in [-0.4, -0.2) is 37.4 Å². The SMILES string of the molecule is CC(=O)Nc1ccc(CC(=O)N[C@@H](CN(C)C)c2ccccc2)cc1. The number of hydrogen-bond acceptors (Lipinski definition) is 3. The summed E-state index contributed by atoms with van der Waals surface area (Å²) in [5, 5.41) is 5.83. The summed E-state index contributed by atoms with van der Waals surface area (Å²) in [6.07, 6.45) is 0.303. The van der Waals surface area contributed by atoms with E-state index in [9.17, 15) is 9.59 Å². The first-order valence-corrected chi connectivity index (χ1v) is 8.29. The summed E-state index contributed by atoms with van der Waals surface area (Å²) in [6.45, 7) is 2.20. The molecular formula is C20H25N3O2. The molecule has 0 saturated carbocycles. The molecule has 2 aromatic carbocycles. The Morgan fingerprint density at radius 1 is 1.00 bits per heavy atom. The number of benzene rings is 2. The number of hydrogen-bond donors (Lipinski definition) is 2. The number of anilines is 1. The lowest BCUT2D eigenvalue weighted by Crippen LogP contribution is -2.36. The van der Waals surface area contributed by atoms with Crippen LogP contribution in [0.4, 0.5) is 5.69 Å². The largest absolute Gasteiger partial charge is 0.348 e. The molecule has 25 heavy (non-hydrogen) atoms. The van der Waals surface area contributed by atoms with Gasteiger partial charge in [-0.1, -0.05) is 42.5 Å². The first kappa shape index (κ1) is 18.7. The Labute approximate surface area is 149 Å². The molecule has 0 aliphatic heterocycles. The lowest BCUT2D eigenvalue weighted by Gasteiger charge is -2.23. The van der Waals surface area contributed by atoms with Crippen molar-refractivity contribution in [3.8, 4) is 0 Å². The van der Waals surface area contributed by atoms with Gasteiger partial charge in [-0.3, -0.25) is 9.59 Å². The molecule has 2 amide bonds. The lowest BCUT2D eigenvalue weighted by atomic mass is 10.1. The highest BCUT2D eigenvalue weighted by molar-refractivity contribution is 5.88. The Balaban J connectivity index is 1.99. The Bertz CT molecular complexity index is 697. The molecule has 0 spiro atoms. The van der Waals surface area contributed by atoms with Gasteiger partial charge < -0.3 is 15.5 Å². The third kappa shape index (κ3) is 6.39. The van der Waals surface area contributed by atoms with Crippen molar-refractivity contribution in [2.45, 2.75) is 19.4 Å². The van der Waals surface area contributed by atoms with Crippen LogP contribution in [0.2, 0.25) is 0 Å². The molecular weight excluding hydrogens is 314 g/mol. The number of nitrogens with zero attached hydrogens (tertiary/aromatic N) is 1. The van der Waals surface area contributed by atoms with Crippen LogP contribution in [0, 0.1) is 0 Å². The zero-order valence-electron chi connectivity index (χ0n) is 15.0. The van der Waals surface area contributed by atoms with E-state index >= 15 is 0 Å². The van der Waals surface area contributed by atoms with E-state index in [4.69, 9.17) is 0 Å². The van der Waals surface area contributed by atoms with Gasteiger partial charge in [-0.15, -0.1) is 0 Å². The van der Waals surface area contributed by atoms with E-state index in [1.165, 1.54) is 6.92 Å². The summed E-state index contributed by atoms with van der Waals surface area (Å²) in [5.41, 5.74) is 2.72. The van der Waals surface area contributed by atoms with Crippen LogP contribution in [0.3, 0.4) is 0 Å². The number of amides is 2. The fourth-order valence-corrected chi connectivity index (χ4v) is 2.62. The lowest BCUT2D eigenvalue weighted by molar-refractivity contribution is -0.121. The Kier molecular flexibility index (Phi) is 6.71. The molecule has 0 heterocycles. The molecule has 0 bridgehead atoms. The molecule has 0 saturated heterocycles. The maximum Gasteiger partial charge on any atom is 0.224 e. The van der Waals surface area contributed by atoms with Crippen LogP contribution in [0.25, 0.3) is 0 Å². The molecule has 2 N–H and O–H groups in total. The van der Waals surface area contributed by atoms with Gasteiger partial charge in [-0.25, -0.2) is 0 Å². The fourth-order valence-electron chi connectivity index (χ4n) is 2.62. The molecule has 5 nitrogen and oxygen atoms in total. The van der Waals surface area contributed by atoms with Crippen molar-refractivity contribution >= 4 is 17.5 Å². The highest BCUT2D eigenvalue weighted by Gasteiger charge is 2.15. The van der Waals surface area contributed by atoms with Crippen LogP contribution < -0.4 is 10.6 Å². The first-order chi connectivity index (χ1) is 11.9. The van der Waals surface area contributed by atoms with E-state index in [0.717, 1.165) is 23.4 Å². The van der Waals surface area contributed by atoms with E-state index in [1.807, 2.05) is 56.6 Å². The third-order valence-electron chi connectivity index (χ3n) is 3.72. The van der Waals surface area contributed by atoms with Crippen molar-refractivity contribution in [3.05, 3.63) is 65.7 Å². The van der Waals surface area contributed by atoms with Crippen molar-refractivity contribution in [2.75, 3.05) is 26.0 Å². The van der Waals surface area contributed by atoms with Crippen molar-refractivity contribution < 1.29 is 9.59 Å². The minimum Gasteiger partial charge on any atom is -0.348 e. The quantitative estimate of drug-likeness (QED) is 0.815. The van der Waals surface area contributed by atoms with Gasteiger partial charge in [0.05, 0.1) is 12.5 Å². The van der Waals surface area contributed by atoms with Gasteiger partial charge in [0.25, 0.3) is 0 Å². The first-order valence-electron chi connectivity index (χ1n) is 8.29. The van der Waals surface area contributed by atoms with Crippen LogP contribution in [0.15, 0.2) is 54.6 Å². The van der Waals surface area contributed by atoms with E-state index in [2.05, 4.69) is 15.5 Å². The van der Waals surface area contributed by atoms with Gasteiger partial charge >= 0.3 is 0 Å². The molecule has 0 aliphatic carbocycles. The molecule has 1 atom stereocenters. The van der Waals surface area contributed by atoms with Crippen LogP contribution in [0.5, 0.6) is 0 Å². The number of likely N-dealkylation sites (N-methyl/N-ethyl adjacent to an activating group) is 1. The van der Waals surface area contributed by atoms with Crippen molar-refractivity contribution in [1.29, 1.82) is 0 Å². The highest BCUT2D eigenvalue weighted by atomic mass is 16.2. The van der Waals surface area contributed by atoms with Crippen LogP contribution in [-0.2, 0) is 16.0 Å². The summed E-state index contributed by atoms with van der Waals surface area (Å²) in [4.78, 5) is 25.5. The van der Waals surface area contributed by atoms with Crippen molar-refractivity contribution in [1.82, 2.24) is 10.2 Å². The molecule has 2 aromatic rings. The summed E-state index contributed by atoms with van der Waals surface area (Å²) in [5.74, 6) is -0.136. The normalized spacial score (nSPS) is 11.8. The maximum atomic E-state index is 12.4. The van der Waals surface area contributed by atoms with Gasteiger partial charge in [0.15, 0.2) is 0 Å². The molecule has 0 radical (unpaired) electrons. The zero-order chi connectivity index (χ0) is 18.2. The highest BCUT2D eigenvalue weighted by Crippen LogP contribution is 2.14. The molecule has 132 valence electrons. The Hall–Kier alpha value is -2.66. The standard InChI is InChI=1S/C20H25N3O2/c1-15(24)21-18-11-9-16(10-12-18)13-20(25)22-19(14-23(2)3)17-7-5-4-6-8-17/h4-12,19H,13-14H2,1-3H3,(H,21,24)(H,22,25)/t19-/m0/s1. The summed E-state index contributed by atoms with van der Waals surface area (Å²) < 4.78 is 0. The molecule has 0 fully saturated rings. The topological polar surface area (TPSA) is 61.4 Å². The van der Waals surface area contributed by atoms with Crippen LogP contribution in [0.1, 0.15) is 24.1 Å². The van der Waals surface area contributed by atoms with E-state index in [-0.39, 0.29) is 17.9 Å². The van der Waals surface area contributed by atoms with Crippen LogP contribution >= 0.6 is 0 Å². The molecule has 0 aromatic heterocycles. The monoisotopic (exact) mass is 339 g/mol. The predicted molar refractivity (Wildman–Crippen MR) is 100 cm³/mol. The number of nitrogens with one attached hydrogen (secondary N) is 2. The maximum absolute atomic E-state index is 12.4. The van der Waals surface area contributed by atoms with E-state index < -0.39 is 0 Å². The van der Waals surface area contributed by atoms with E-state index in [1.54, 1.807) is 12.1 Å². The van der Waals surface area contributed by atoms with Crippen molar-refractivity contribution in [2.24, 2.45) is 0 Å². The fraction of sp³-hybridized carbons (Fsp3) is 0.300. The minimum atomic E-state index is -0.111. The van der Waals surface area contributed by atoms with Gasteiger partial charge in [0, 0.05) is 19.2 Å². The zero-order valence-corrected chi connectivity index (χ0v) is 15.0. The molecule has 2 rings (SSSR count). The Morgan fingerprint density at radius 2 is 1.64 bits per heavy atom. The second kappa shape index (κ2) is 8.99. The van der Waals surface area contributed by atoms with Gasteiger partial charge in [0.1, 0.15) is 0 Å². The molecule has 5 heteroatoms. The minimum absolute atomic E-state index is 0.0250. The number of carbonyl (C=O) groups is 2.